The Bertz CT molecular complexity index is 582. The highest BCUT2D eigenvalue weighted by molar-refractivity contribution is 5.78. The Morgan fingerprint density at radius 3 is 2.87 bits per heavy atom. The van der Waals surface area contributed by atoms with Crippen LogP contribution < -0.4 is 0 Å². The van der Waals surface area contributed by atoms with Gasteiger partial charge >= 0.3 is 0 Å². The normalized spacial score (nSPS) is 9.00. The molecule has 1 heterocycles. The second-order valence-electron chi connectivity index (χ2n) is 3.03. The number of hydrogen-bond donors (Lipinski definition) is 0. The summed E-state index contributed by atoms with van der Waals surface area (Å²) < 4.78 is 0. The van der Waals surface area contributed by atoms with E-state index in [9.17, 15) is 0 Å². The maximum Gasteiger partial charge on any atom is 0.113 e. The van der Waals surface area contributed by atoms with Crippen LogP contribution in [0.5, 0.6) is 0 Å². The zero-order valence-corrected chi connectivity index (χ0v) is 8.07. The Labute approximate surface area is 88.2 Å². The summed E-state index contributed by atoms with van der Waals surface area (Å²) in [5.41, 5.74) is 1.64. The molecule has 0 aliphatic heterocycles. The van der Waals surface area contributed by atoms with Gasteiger partial charge in [0.05, 0.1) is 18.0 Å². The molecule has 2 rings (SSSR count). The van der Waals surface area contributed by atoms with Crippen molar-refractivity contribution in [1.82, 2.24) is 4.98 Å². The maximum absolute atomic E-state index is 8.34. The lowest BCUT2D eigenvalue weighted by molar-refractivity contribution is 1.35. The van der Waals surface area contributed by atoms with Crippen LogP contribution in [-0.4, -0.2) is 4.98 Å². The summed E-state index contributed by atoms with van der Waals surface area (Å²) in [6.07, 6.45) is 0.245. The number of fused-ring (bicyclic) bond motifs is 1. The number of pyridine rings is 1. The van der Waals surface area contributed by atoms with Gasteiger partial charge < -0.3 is 0 Å². The predicted molar refractivity (Wildman–Crippen MR) is 58.9 cm³/mol. The first kappa shape index (κ1) is 9.24. The summed E-state index contributed by atoms with van der Waals surface area (Å²) in [6.45, 7) is 0. The Hall–Kier alpha value is -2.32. The molecule has 2 aromatic rings. The third-order valence-corrected chi connectivity index (χ3v) is 1.98. The largest absolute Gasteiger partial charge is 0.239 e. The predicted octanol–water partition coefficient (Wildman–Crippen LogP) is 2.50. The van der Waals surface area contributed by atoms with Gasteiger partial charge in [0.1, 0.15) is 5.69 Å². The number of rotatable bonds is 0. The van der Waals surface area contributed by atoms with E-state index in [1.54, 1.807) is 0 Å². The molecule has 0 fully saturated rings. The van der Waals surface area contributed by atoms with Crippen molar-refractivity contribution in [3.63, 3.8) is 0 Å². The third kappa shape index (κ3) is 2.13. The number of nitrogens with zero attached hydrogens (tertiary/aromatic N) is 2. The molecule has 0 aliphatic rings. The number of nitriles is 1. The highest BCUT2D eigenvalue weighted by atomic mass is 14.7. The molecule has 1 aromatic carbocycles. The fourth-order valence-electron chi connectivity index (χ4n) is 1.31. The van der Waals surface area contributed by atoms with Crippen molar-refractivity contribution in [1.29, 1.82) is 5.26 Å². The lowest BCUT2D eigenvalue weighted by atomic mass is 10.2. The third-order valence-electron chi connectivity index (χ3n) is 1.98. The van der Waals surface area contributed by atoms with E-state index in [-0.39, 0.29) is 6.42 Å². The van der Waals surface area contributed by atoms with Gasteiger partial charge in [-0.25, -0.2) is 4.98 Å². The Kier molecular flexibility index (Phi) is 2.63. The Morgan fingerprint density at radius 1 is 1.13 bits per heavy atom. The van der Waals surface area contributed by atoms with Crippen LogP contribution in [0.1, 0.15) is 12.1 Å². The lowest BCUT2D eigenvalue weighted by Gasteiger charge is -1.95. The van der Waals surface area contributed by atoms with Crippen molar-refractivity contribution >= 4 is 10.9 Å². The number of aromatic nitrogens is 1. The molecule has 0 N–H and O–H groups in total. The SMILES string of the molecule is N#CCC#Cc1ccc2ccccc2n1. The Morgan fingerprint density at radius 2 is 2.00 bits per heavy atom. The molecule has 70 valence electrons. The zero-order valence-electron chi connectivity index (χ0n) is 8.07. The molecule has 0 radical (unpaired) electrons. The van der Waals surface area contributed by atoms with Crippen LogP contribution in [0.4, 0.5) is 0 Å². The molecule has 0 saturated carbocycles. The molecule has 15 heavy (non-hydrogen) atoms. The lowest BCUT2D eigenvalue weighted by Crippen LogP contribution is -1.83. The summed E-state index contributed by atoms with van der Waals surface area (Å²) in [5, 5.41) is 9.44. The second kappa shape index (κ2) is 4.26. The van der Waals surface area contributed by atoms with Gasteiger partial charge in [0, 0.05) is 5.39 Å². The number of para-hydroxylation sites is 1. The van der Waals surface area contributed by atoms with Gasteiger partial charge in [-0.1, -0.05) is 30.2 Å². The first-order chi connectivity index (χ1) is 7.40. The van der Waals surface area contributed by atoms with Crippen LogP contribution in [0.3, 0.4) is 0 Å². The van der Waals surface area contributed by atoms with E-state index >= 15 is 0 Å². The average molecular weight is 192 g/mol. The molecule has 0 unspecified atom stereocenters. The highest BCUT2D eigenvalue weighted by Gasteiger charge is 1.93. The van der Waals surface area contributed by atoms with E-state index in [0.29, 0.717) is 5.69 Å². The molecular weight excluding hydrogens is 184 g/mol. The van der Waals surface area contributed by atoms with Gasteiger partial charge in [0.25, 0.3) is 0 Å². The zero-order chi connectivity index (χ0) is 10.5. The van der Waals surface area contributed by atoms with E-state index < -0.39 is 0 Å². The van der Waals surface area contributed by atoms with Crippen LogP contribution in [-0.2, 0) is 0 Å². The van der Waals surface area contributed by atoms with Crippen LogP contribution in [0.2, 0.25) is 0 Å². The Balaban J connectivity index is 2.41. The molecule has 1 aromatic heterocycles. The van der Waals surface area contributed by atoms with Crippen LogP contribution >= 0.6 is 0 Å². The van der Waals surface area contributed by atoms with E-state index in [1.165, 1.54) is 0 Å². The fraction of sp³-hybridized carbons (Fsp3) is 0.0769. The van der Waals surface area contributed by atoms with Gasteiger partial charge in [-0.3, -0.25) is 0 Å². The van der Waals surface area contributed by atoms with Gasteiger partial charge in [-0.15, -0.1) is 0 Å². The van der Waals surface area contributed by atoms with Crippen molar-refractivity contribution < 1.29 is 0 Å². The first-order valence-corrected chi connectivity index (χ1v) is 4.62. The topological polar surface area (TPSA) is 36.7 Å². The van der Waals surface area contributed by atoms with Crippen LogP contribution in [0.25, 0.3) is 10.9 Å². The van der Waals surface area contributed by atoms with Gasteiger partial charge in [-0.05, 0) is 18.1 Å². The molecule has 2 nitrogen and oxygen atoms in total. The van der Waals surface area contributed by atoms with Crippen LogP contribution in [0, 0.1) is 23.2 Å². The minimum atomic E-state index is 0.245. The van der Waals surface area contributed by atoms with Crippen LogP contribution in [0.15, 0.2) is 36.4 Å². The van der Waals surface area contributed by atoms with Crippen molar-refractivity contribution in [2.24, 2.45) is 0 Å². The monoisotopic (exact) mass is 192 g/mol. The summed E-state index contributed by atoms with van der Waals surface area (Å²) >= 11 is 0. The van der Waals surface area contributed by atoms with E-state index in [4.69, 9.17) is 5.26 Å². The van der Waals surface area contributed by atoms with E-state index in [0.717, 1.165) is 10.9 Å². The smallest absolute Gasteiger partial charge is 0.113 e. The molecule has 0 bridgehead atoms. The molecule has 0 atom stereocenters. The quantitative estimate of drug-likeness (QED) is 0.601. The van der Waals surface area contributed by atoms with Crippen molar-refractivity contribution in [2.45, 2.75) is 6.42 Å². The standard InChI is InChI=1S/C13H8N2/c14-10-4-3-6-12-9-8-11-5-1-2-7-13(11)15-12/h1-2,5,7-9H,4H2. The summed E-state index contributed by atoms with van der Waals surface area (Å²) in [7, 11) is 0. The highest BCUT2D eigenvalue weighted by Crippen LogP contribution is 2.10. The van der Waals surface area contributed by atoms with Crippen molar-refractivity contribution in [3.8, 4) is 17.9 Å². The number of benzene rings is 1. The minimum Gasteiger partial charge on any atom is -0.239 e. The fourth-order valence-corrected chi connectivity index (χ4v) is 1.31. The molecule has 0 spiro atoms. The molecular formula is C13H8N2. The minimum absolute atomic E-state index is 0.245. The summed E-state index contributed by atoms with van der Waals surface area (Å²) in [4.78, 5) is 4.36. The van der Waals surface area contributed by atoms with Gasteiger partial charge in [0.15, 0.2) is 0 Å². The average Bonchev–Trinajstić information content (AvgIpc) is 2.29. The molecule has 0 saturated heterocycles. The summed E-state index contributed by atoms with van der Waals surface area (Å²) in [5.74, 6) is 5.60. The van der Waals surface area contributed by atoms with E-state index in [1.807, 2.05) is 42.5 Å². The summed E-state index contributed by atoms with van der Waals surface area (Å²) in [6, 6.07) is 13.7. The first-order valence-electron chi connectivity index (χ1n) is 4.62. The second-order valence-corrected chi connectivity index (χ2v) is 3.03. The van der Waals surface area contributed by atoms with E-state index in [2.05, 4.69) is 16.8 Å². The number of hydrogen-bond acceptors (Lipinski definition) is 2. The molecule has 0 amide bonds. The van der Waals surface area contributed by atoms with Gasteiger partial charge in [0.2, 0.25) is 0 Å². The van der Waals surface area contributed by atoms with Crippen molar-refractivity contribution in [3.05, 3.63) is 42.1 Å². The maximum atomic E-state index is 8.34. The molecule has 0 aliphatic carbocycles. The van der Waals surface area contributed by atoms with Gasteiger partial charge in [-0.2, -0.15) is 5.26 Å². The molecule has 2 heteroatoms. The van der Waals surface area contributed by atoms with Crippen molar-refractivity contribution in [2.75, 3.05) is 0 Å².